The largest absolute Gasteiger partial charge is 0.493 e. The van der Waals surface area contributed by atoms with E-state index < -0.39 is 12.8 Å². The zero-order valence-corrected chi connectivity index (χ0v) is 14.5. The Hall–Kier alpha value is -2.29. The number of amides is 1. The van der Waals surface area contributed by atoms with Gasteiger partial charge in [0.05, 0.1) is 7.11 Å². The van der Waals surface area contributed by atoms with Gasteiger partial charge in [-0.25, -0.2) is 4.98 Å². The predicted molar refractivity (Wildman–Crippen MR) is 88.3 cm³/mol. The minimum absolute atomic E-state index is 0.00582. The van der Waals surface area contributed by atoms with Crippen LogP contribution in [-0.2, 0) is 11.2 Å². The molecule has 0 saturated carbocycles. The van der Waals surface area contributed by atoms with Crippen LogP contribution in [0.2, 0.25) is 0 Å². The number of alkyl halides is 3. The van der Waals surface area contributed by atoms with Crippen LogP contribution in [0.4, 0.5) is 18.3 Å². The van der Waals surface area contributed by atoms with E-state index in [-0.39, 0.29) is 23.8 Å². The number of aromatic nitrogens is 1. The second-order valence-electron chi connectivity index (χ2n) is 5.21. The van der Waals surface area contributed by atoms with E-state index in [1.165, 1.54) is 24.5 Å². The number of carbonyl (C=O) groups excluding carboxylic acids is 1. The molecule has 0 aliphatic heterocycles. The van der Waals surface area contributed by atoms with Crippen LogP contribution in [0.1, 0.15) is 16.9 Å². The van der Waals surface area contributed by atoms with Crippen LogP contribution in [0.3, 0.4) is 0 Å². The number of aryl methyl sites for hydroxylation is 2. The maximum absolute atomic E-state index is 12.2. The van der Waals surface area contributed by atoms with Crippen molar-refractivity contribution in [1.29, 1.82) is 0 Å². The molecule has 1 heterocycles. The fourth-order valence-electron chi connectivity index (χ4n) is 2.00. The van der Waals surface area contributed by atoms with E-state index in [4.69, 9.17) is 9.47 Å². The van der Waals surface area contributed by atoms with Crippen molar-refractivity contribution in [2.75, 3.05) is 19.0 Å². The molecule has 0 saturated heterocycles. The van der Waals surface area contributed by atoms with E-state index in [0.717, 1.165) is 10.4 Å². The summed E-state index contributed by atoms with van der Waals surface area (Å²) in [5, 5.41) is 3.24. The van der Waals surface area contributed by atoms with E-state index in [9.17, 15) is 18.0 Å². The van der Waals surface area contributed by atoms with E-state index in [2.05, 4.69) is 10.3 Å². The highest BCUT2D eigenvalue weighted by molar-refractivity contribution is 7.15. The van der Waals surface area contributed by atoms with Gasteiger partial charge in [-0.1, -0.05) is 6.07 Å². The number of hydrogen-bond acceptors (Lipinski definition) is 5. The van der Waals surface area contributed by atoms with Gasteiger partial charge in [-0.2, -0.15) is 13.2 Å². The van der Waals surface area contributed by atoms with Crippen molar-refractivity contribution in [3.8, 4) is 11.5 Å². The number of ether oxygens (including phenoxy) is 2. The van der Waals surface area contributed by atoms with Gasteiger partial charge in [-0.05, 0) is 31.0 Å². The number of carbonyl (C=O) groups is 1. The molecule has 1 amide bonds. The zero-order valence-electron chi connectivity index (χ0n) is 13.6. The second kappa shape index (κ2) is 8.19. The molecule has 0 aliphatic carbocycles. The van der Waals surface area contributed by atoms with Gasteiger partial charge in [0, 0.05) is 17.5 Å². The van der Waals surface area contributed by atoms with Gasteiger partial charge in [0.15, 0.2) is 23.2 Å². The number of anilines is 1. The quantitative estimate of drug-likeness (QED) is 0.797. The van der Waals surface area contributed by atoms with Crippen molar-refractivity contribution in [3.63, 3.8) is 0 Å². The Morgan fingerprint density at radius 1 is 1.32 bits per heavy atom. The van der Waals surface area contributed by atoms with E-state index in [1.807, 2.05) is 6.92 Å². The molecule has 2 rings (SSSR count). The van der Waals surface area contributed by atoms with Crippen LogP contribution in [0.25, 0.3) is 0 Å². The molecule has 0 unspecified atom stereocenters. The summed E-state index contributed by atoms with van der Waals surface area (Å²) in [7, 11) is 1.34. The minimum Gasteiger partial charge on any atom is -0.493 e. The molecule has 0 radical (unpaired) electrons. The standard InChI is InChI=1S/C16H17F3N2O3S/c1-10-8-20-15(25-10)21-14(22)6-4-11-3-5-12(13(7-11)23-2)24-9-16(17,18)19/h3,5,7-8H,4,6,9H2,1-2H3,(H,20,21,22). The lowest BCUT2D eigenvalue weighted by Gasteiger charge is -2.13. The fraction of sp³-hybridized carbons (Fsp3) is 0.375. The van der Waals surface area contributed by atoms with Crippen molar-refractivity contribution >= 4 is 22.4 Å². The van der Waals surface area contributed by atoms with Gasteiger partial charge in [0.1, 0.15) is 0 Å². The SMILES string of the molecule is COc1cc(CCC(=O)Nc2ncc(C)s2)ccc1OCC(F)(F)F. The Morgan fingerprint density at radius 2 is 2.08 bits per heavy atom. The van der Waals surface area contributed by atoms with Gasteiger partial charge in [-0.3, -0.25) is 4.79 Å². The molecule has 9 heteroatoms. The molecule has 0 fully saturated rings. The molecular formula is C16H17F3N2O3S. The third-order valence-electron chi connectivity index (χ3n) is 3.13. The fourth-order valence-corrected chi connectivity index (χ4v) is 2.68. The average molecular weight is 374 g/mol. The summed E-state index contributed by atoms with van der Waals surface area (Å²) < 4.78 is 46.5. The number of rotatable bonds is 7. The summed E-state index contributed by atoms with van der Waals surface area (Å²) in [6.45, 7) is 0.500. The monoisotopic (exact) mass is 374 g/mol. The number of benzene rings is 1. The van der Waals surface area contributed by atoms with Gasteiger partial charge >= 0.3 is 6.18 Å². The molecule has 2 aromatic rings. The first-order valence-corrected chi connectivity index (χ1v) is 8.17. The number of nitrogens with zero attached hydrogens (tertiary/aromatic N) is 1. The zero-order chi connectivity index (χ0) is 18.4. The third kappa shape index (κ3) is 6.26. The van der Waals surface area contributed by atoms with E-state index in [0.29, 0.717) is 11.6 Å². The molecule has 0 aliphatic rings. The molecule has 1 aromatic heterocycles. The maximum Gasteiger partial charge on any atom is 0.422 e. The number of hydrogen-bond donors (Lipinski definition) is 1. The number of methoxy groups -OCH3 is 1. The van der Waals surface area contributed by atoms with Crippen LogP contribution >= 0.6 is 11.3 Å². The molecule has 5 nitrogen and oxygen atoms in total. The lowest BCUT2D eigenvalue weighted by atomic mass is 10.1. The lowest BCUT2D eigenvalue weighted by molar-refractivity contribution is -0.153. The number of halogens is 3. The van der Waals surface area contributed by atoms with Crippen molar-refractivity contribution < 1.29 is 27.4 Å². The Labute approximate surface area is 146 Å². The molecule has 1 N–H and O–H groups in total. The van der Waals surface area contributed by atoms with Crippen LogP contribution in [0.15, 0.2) is 24.4 Å². The Balaban J connectivity index is 1.92. The summed E-state index contributed by atoms with van der Waals surface area (Å²) in [5.74, 6) is 0.00899. The first kappa shape index (κ1) is 19.0. The summed E-state index contributed by atoms with van der Waals surface area (Å²) in [4.78, 5) is 16.9. The second-order valence-corrected chi connectivity index (χ2v) is 6.45. The Morgan fingerprint density at radius 3 is 2.68 bits per heavy atom. The highest BCUT2D eigenvalue weighted by Gasteiger charge is 2.29. The first-order valence-electron chi connectivity index (χ1n) is 7.35. The number of nitrogens with one attached hydrogen (secondary N) is 1. The normalized spacial score (nSPS) is 11.2. The van der Waals surface area contributed by atoms with E-state index in [1.54, 1.807) is 18.3 Å². The summed E-state index contributed by atoms with van der Waals surface area (Å²) in [5.41, 5.74) is 0.752. The topological polar surface area (TPSA) is 60.5 Å². The molecule has 25 heavy (non-hydrogen) atoms. The molecule has 0 bridgehead atoms. The van der Waals surface area contributed by atoms with Gasteiger partial charge < -0.3 is 14.8 Å². The number of thiazole rings is 1. The smallest absolute Gasteiger partial charge is 0.422 e. The van der Waals surface area contributed by atoms with Crippen molar-refractivity contribution in [2.45, 2.75) is 25.9 Å². The third-order valence-corrected chi connectivity index (χ3v) is 3.96. The molecular weight excluding hydrogens is 357 g/mol. The van der Waals surface area contributed by atoms with Gasteiger partial charge in [0.2, 0.25) is 5.91 Å². The molecule has 0 spiro atoms. The molecule has 1 aromatic carbocycles. The Bertz CT molecular complexity index is 732. The van der Waals surface area contributed by atoms with Crippen LogP contribution in [0.5, 0.6) is 11.5 Å². The summed E-state index contributed by atoms with van der Waals surface area (Å²) in [6, 6.07) is 4.57. The maximum atomic E-state index is 12.2. The van der Waals surface area contributed by atoms with Crippen molar-refractivity contribution in [1.82, 2.24) is 4.98 Å². The lowest BCUT2D eigenvalue weighted by Crippen LogP contribution is -2.19. The summed E-state index contributed by atoms with van der Waals surface area (Å²) >= 11 is 1.38. The Kier molecular flexibility index (Phi) is 6.24. The minimum atomic E-state index is -4.42. The molecule has 136 valence electrons. The summed E-state index contributed by atoms with van der Waals surface area (Å²) in [6.07, 6.45) is -2.13. The van der Waals surface area contributed by atoms with E-state index >= 15 is 0 Å². The highest BCUT2D eigenvalue weighted by atomic mass is 32.1. The van der Waals surface area contributed by atoms with Gasteiger partial charge in [0.25, 0.3) is 0 Å². The van der Waals surface area contributed by atoms with Crippen molar-refractivity contribution in [2.24, 2.45) is 0 Å². The molecule has 0 atom stereocenters. The highest BCUT2D eigenvalue weighted by Crippen LogP contribution is 2.30. The predicted octanol–water partition coefficient (Wildman–Crippen LogP) is 3.97. The van der Waals surface area contributed by atoms with Gasteiger partial charge in [-0.15, -0.1) is 11.3 Å². The van der Waals surface area contributed by atoms with Crippen LogP contribution in [-0.4, -0.2) is 30.8 Å². The van der Waals surface area contributed by atoms with Crippen LogP contribution < -0.4 is 14.8 Å². The van der Waals surface area contributed by atoms with Crippen molar-refractivity contribution in [3.05, 3.63) is 34.8 Å². The average Bonchev–Trinajstić information content (AvgIpc) is 2.95. The van der Waals surface area contributed by atoms with Crippen LogP contribution in [0, 0.1) is 6.92 Å². The first-order chi connectivity index (χ1) is 11.8.